The summed E-state index contributed by atoms with van der Waals surface area (Å²) in [5.41, 5.74) is 1.01. The molecule has 1 atom stereocenters. The molecular formula is C11H18N2OS. The van der Waals surface area contributed by atoms with Crippen LogP contribution < -0.4 is 10.6 Å². The number of hydrogen-bond acceptors (Lipinski definition) is 3. The van der Waals surface area contributed by atoms with Gasteiger partial charge >= 0.3 is 0 Å². The Kier molecular flexibility index (Phi) is 5.18. The van der Waals surface area contributed by atoms with Gasteiger partial charge in [-0.1, -0.05) is 13.3 Å². The van der Waals surface area contributed by atoms with Crippen LogP contribution in [0.4, 0.5) is 5.69 Å². The Bertz CT molecular complexity index is 285. The van der Waals surface area contributed by atoms with Crippen LogP contribution in [0.5, 0.6) is 0 Å². The van der Waals surface area contributed by atoms with Crippen molar-refractivity contribution in [2.24, 2.45) is 0 Å². The minimum Gasteiger partial charge on any atom is -0.375 e. The molecule has 84 valence electrons. The highest BCUT2D eigenvalue weighted by Gasteiger charge is 2.05. The lowest BCUT2D eigenvalue weighted by Gasteiger charge is -2.12. The van der Waals surface area contributed by atoms with Gasteiger partial charge in [-0.05, 0) is 24.8 Å². The van der Waals surface area contributed by atoms with Crippen LogP contribution in [0.1, 0.15) is 26.7 Å². The number of hydrogen-bond donors (Lipinski definition) is 2. The summed E-state index contributed by atoms with van der Waals surface area (Å²) in [6, 6.07) is 2.24. The predicted octanol–water partition coefficient (Wildman–Crippen LogP) is 2.46. The SMILES string of the molecule is CCCC(C)NC(=O)CNc1ccsc1. The van der Waals surface area contributed by atoms with Gasteiger partial charge in [0.15, 0.2) is 0 Å². The Balaban J connectivity index is 2.19. The zero-order valence-electron chi connectivity index (χ0n) is 9.25. The van der Waals surface area contributed by atoms with Gasteiger partial charge in [0.2, 0.25) is 5.91 Å². The standard InChI is InChI=1S/C11H18N2OS/c1-3-4-9(2)13-11(14)7-12-10-5-6-15-8-10/h5-6,8-9,12H,3-4,7H2,1-2H3,(H,13,14). The molecule has 0 fully saturated rings. The fourth-order valence-corrected chi connectivity index (χ4v) is 1.99. The highest BCUT2D eigenvalue weighted by molar-refractivity contribution is 7.08. The lowest BCUT2D eigenvalue weighted by Crippen LogP contribution is -2.36. The molecule has 15 heavy (non-hydrogen) atoms. The van der Waals surface area contributed by atoms with E-state index in [4.69, 9.17) is 0 Å². The molecule has 0 spiro atoms. The quantitative estimate of drug-likeness (QED) is 0.782. The maximum absolute atomic E-state index is 11.5. The van der Waals surface area contributed by atoms with Crippen molar-refractivity contribution in [2.45, 2.75) is 32.7 Å². The maximum atomic E-state index is 11.5. The van der Waals surface area contributed by atoms with Crippen molar-refractivity contribution in [1.82, 2.24) is 5.32 Å². The fourth-order valence-electron chi connectivity index (χ4n) is 1.38. The molecule has 1 unspecified atom stereocenters. The topological polar surface area (TPSA) is 41.1 Å². The van der Waals surface area contributed by atoms with E-state index in [2.05, 4.69) is 17.6 Å². The number of anilines is 1. The second-order valence-electron chi connectivity index (χ2n) is 3.62. The average Bonchev–Trinajstić information content (AvgIpc) is 2.67. The van der Waals surface area contributed by atoms with E-state index in [1.165, 1.54) is 0 Å². The van der Waals surface area contributed by atoms with Crippen molar-refractivity contribution in [1.29, 1.82) is 0 Å². The van der Waals surface area contributed by atoms with E-state index < -0.39 is 0 Å². The summed E-state index contributed by atoms with van der Waals surface area (Å²) < 4.78 is 0. The fraction of sp³-hybridized carbons (Fsp3) is 0.545. The first-order valence-corrected chi connectivity index (χ1v) is 6.22. The molecule has 0 saturated heterocycles. The third-order valence-corrected chi connectivity index (χ3v) is 2.79. The van der Waals surface area contributed by atoms with Gasteiger partial charge in [-0.2, -0.15) is 11.3 Å². The van der Waals surface area contributed by atoms with E-state index in [0.29, 0.717) is 6.54 Å². The molecule has 4 heteroatoms. The van der Waals surface area contributed by atoms with Crippen LogP contribution in [0.15, 0.2) is 16.8 Å². The number of carbonyl (C=O) groups excluding carboxylic acids is 1. The molecule has 0 aliphatic carbocycles. The van der Waals surface area contributed by atoms with Gasteiger partial charge in [0.05, 0.1) is 6.54 Å². The lowest BCUT2D eigenvalue weighted by atomic mass is 10.2. The number of amides is 1. The van der Waals surface area contributed by atoms with Gasteiger partial charge in [-0.3, -0.25) is 4.79 Å². The van der Waals surface area contributed by atoms with Crippen LogP contribution in [0, 0.1) is 0 Å². The van der Waals surface area contributed by atoms with Crippen molar-refractivity contribution < 1.29 is 4.79 Å². The summed E-state index contributed by atoms with van der Waals surface area (Å²) in [7, 11) is 0. The van der Waals surface area contributed by atoms with Crippen molar-refractivity contribution in [2.75, 3.05) is 11.9 Å². The van der Waals surface area contributed by atoms with Crippen LogP contribution in [-0.2, 0) is 4.79 Å². The number of thiophene rings is 1. The Labute approximate surface area is 94.9 Å². The largest absolute Gasteiger partial charge is 0.375 e. The Morgan fingerprint density at radius 1 is 1.60 bits per heavy atom. The van der Waals surface area contributed by atoms with Crippen molar-refractivity contribution in [3.05, 3.63) is 16.8 Å². The minimum absolute atomic E-state index is 0.0575. The molecule has 0 bridgehead atoms. The Hall–Kier alpha value is -1.03. The van der Waals surface area contributed by atoms with Gasteiger partial charge in [-0.15, -0.1) is 0 Å². The smallest absolute Gasteiger partial charge is 0.239 e. The molecule has 1 aromatic heterocycles. The normalized spacial score (nSPS) is 12.1. The number of rotatable bonds is 6. The lowest BCUT2D eigenvalue weighted by molar-refractivity contribution is -0.120. The Morgan fingerprint density at radius 2 is 2.40 bits per heavy atom. The molecule has 1 heterocycles. The summed E-state index contributed by atoms with van der Waals surface area (Å²) in [6.45, 7) is 4.50. The van der Waals surface area contributed by atoms with E-state index in [1.54, 1.807) is 11.3 Å². The maximum Gasteiger partial charge on any atom is 0.239 e. The van der Waals surface area contributed by atoms with Gasteiger partial charge in [0, 0.05) is 17.1 Å². The van der Waals surface area contributed by atoms with E-state index in [-0.39, 0.29) is 11.9 Å². The van der Waals surface area contributed by atoms with Crippen molar-refractivity contribution in [3.8, 4) is 0 Å². The van der Waals surface area contributed by atoms with Crippen molar-refractivity contribution >= 4 is 22.9 Å². The van der Waals surface area contributed by atoms with Gasteiger partial charge in [0.25, 0.3) is 0 Å². The first-order valence-electron chi connectivity index (χ1n) is 5.27. The highest BCUT2D eigenvalue weighted by Crippen LogP contribution is 2.10. The molecule has 1 amide bonds. The summed E-state index contributed by atoms with van der Waals surface area (Å²) in [5.74, 6) is 0.0575. The molecule has 1 aromatic rings. The van der Waals surface area contributed by atoms with Gasteiger partial charge in [-0.25, -0.2) is 0 Å². The molecule has 0 aliphatic rings. The molecule has 3 nitrogen and oxygen atoms in total. The van der Waals surface area contributed by atoms with Crippen LogP contribution in [0.25, 0.3) is 0 Å². The van der Waals surface area contributed by atoms with E-state index in [9.17, 15) is 4.79 Å². The van der Waals surface area contributed by atoms with Crippen LogP contribution in [-0.4, -0.2) is 18.5 Å². The average molecular weight is 226 g/mol. The molecule has 1 rings (SSSR count). The summed E-state index contributed by atoms with van der Waals surface area (Å²) in [5, 5.41) is 9.99. The third kappa shape index (κ3) is 4.83. The van der Waals surface area contributed by atoms with E-state index in [0.717, 1.165) is 18.5 Å². The first-order chi connectivity index (χ1) is 7.22. The minimum atomic E-state index is 0.0575. The zero-order valence-corrected chi connectivity index (χ0v) is 10.1. The second kappa shape index (κ2) is 6.45. The molecule has 2 N–H and O–H groups in total. The number of nitrogens with one attached hydrogen (secondary N) is 2. The van der Waals surface area contributed by atoms with E-state index in [1.807, 2.05) is 23.8 Å². The summed E-state index contributed by atoms with van der Waals surface area (Å²) in [6.07, 6.45) is 2.13. The third-order valence-electron chi connectivity index (χ3n) is 2.10. The number of carbonyl (C=O) groups is 1. The molecule has 0 radical (unpaired) electrons. The van der Waals surface area contributed by atoms with Gasteiger partial charge < -0.3 is 10.6 Å². The van der Waals surface area contributed by atoms with Crippen LogP contribution in [0.2, 0.25) is 0 Å². The zero-order chi connectivity index (χ0) is 11.1. The van der Waals surface area contributed by atoms with Crippen LogP contribution >= 0.6 is 11.3 Å². The summed E-state index contributed by atoms with van der Waals surface area (Å²) in [4.78, 5) is 11.5. The van der Waals surface area contributed by atoms with Gasteiger partial charge in [0.1, 0.15) is 0 Å². The Morgan fingerprint density at radius 3 is 3.00 bits per heavy atom. The predicted molar refractivity (Wildman–Crippen MR) is 65.3 cm³/mol. The molecule has 0 aliphatic heterocycles. The van der Waals surface area contributed by atoms with Crippen molar-refractivity contribution in [3.63, 3.8) is 0 Å². The molecule has 0 aromatic carbocycles. The molecular weight excluding hydrogens is 208 g/mol. The second-order valence-corrected chi connectivity index (χ2v) is 4.40. The first kappa shape index (κ1) is 12.0. The highest BCUT2D eigenvalue weighted by atomic mass is 32.1. The van der Waals surface area contributed by atoms with Crippen LogP contribution in [0.3, 0.4) is 0 Å². The molecule has 0 saturated carbocycles. The van der Waals surface area contributed by atoms with E-state index >= 15 is 0 Å². The summed E-state index contributed by atoms with van der Waals surface area (Å²) >= 11 is 1.62. The monoisotopic (exact) mass is 226 g/mol.